The molecule has 2 aliphatic rings. The molecule has 0 unspecified atom stereocenters. The number of ketones is 1. The van der Waals surface area contributed by atoms with E-state index in [0.717, 1.165) is 16.8 Å². The smallest absolute Gasteiger partial charge is 0.254 e. The molecule has 2 N–H and O–H groups in total. The van der Waals surface area contributed by atoms with E-state index in [-0.39, 0.29) is 17.4 Å². The summed E-state index contributed by atoms with van der Waals surface area (Å²) < 4.78 is 20.0. The van der Waals surface area contributed by atoms with Crippen LogP contribution in [-0.4, -0.2) is 18.3 Å². The van der Waals surface area contributed by atoms with Gasteiger partial charge in [0.2, 0.25) is 0 Å². The van der Waals surface area contributed by atoms with Gasteiger partial charge in [-0.15, -0.1) is 0 Å². The molecule has 188 valence electrons. The first kappa shape index (κ1) is 24.5. The Labute approximate surface area is 216 Å². The van der Waals surface area contributed by atoms with E-state index in [2.05, 4.69) is 10.6 Å². The molecule has 1 amide bonds. The molecule has 0 saturated carbocycles. The lowest BCUT2D eigenvalue weighted by Gasteiger charge is -2.37. The van der Waals surface area contributed by atoms with Gasteiger partial charge in [-0.1, -0.05) is 54.6 Å². The number of benzene rings is 3. The van der Waals surface area contributed by atoms with Gasteiger partial charge in [0.1, 0.15) is 11.6 Å². The fraction of sp³-hybridized carbons (Fsp3) is 0.226. The number of para-hydroxylation sites is 1. The number of carbonyl (C=O) groups is 2. The number of hydrogen-bond acceptors (Lipinski definition) is 4. The van der Waals surface area contributed by atoms with Crippen LogP contribution in [0.1, 0.15) is 49.7 Å². The van der Waals surface area contributed by atoms with Crippen molar-refractivity contribution in [2.75, 3.05) is 11.9 Å². The molecule has 0 saturated heterocycles. The molecule has 2 atom stereocenters. The van der Waals surface area contributed by atoms with Crippen molar-refractivity contribution in [1.29, 1.82) is 0 Å². The summed E-state index contributed by atoms with van der Waals surface area (Å²) in [6.45, 7) is 4.29. The highest BCUT2D eigenvalue weighted by Gasteiger charge is 2.41. The van der Waals surface area contributed by atoms with Crippen molar-refractivity contribution < 1.29 is 18.7 Å². The maximum Gasteiger partial charge on any atom is 0.254 e. The van der Waals surface area contributed by atoms with Gasteiger partial charge in [0, 0.05) is 34.9 Å². The van der Waals surface area contributed by atoms with Gasteiger partial charge in [0.15, 0.2) is 5.78 Å². The molecule has 5 nitrogen and oxygen atoms in total. The van der Waals surface area contributed by atoms with E-state index in [1.165, 1.54) is 12.1 Å². The Balaban J connectivity index is 1.56. The number of dihydropyridines is 1. The van der Waals surface area contributed by atoms with Gasteiger partial charge in [-0.05, 0) is 61.6 Å². The van der Waals surface area contributed by atoms with Crippen LogP contribution in [0.15, 0.2) is 101 Å². The lowest BCUT2D eigenvalue weighted by atomic mass is 9.71. The highest BCUT2D eigenvalue weighted by atomic mass is 19.1. The van der Waals surface area contributed by atoms with Gasteiger partial charge in [0.25, 0.3) is 5.91 Å². The fourth-order valence-corrected chi connectivity index (χ4v) is 5.31. The van der Waals surface area contributed by atoms with E-state index in [9.17, 15) is 14.0 Å². The zero-order chi connectivity index (χ0) is 25.9. The van der Waals surface area contributed by atoms with E-state index in [1.54, 1.807) is 12.1 Å². The van der Waals surface area contributed by atoms with E-state index >= 15 is 0 Å². The lowest BCUT2D eigenvalue weighted by molar-refractivity contribution is -0.116. The molecule has 0 bridgehead atoms. The number of anilines is 1. The summed E-state index contributed by atoms with van der Waals surface area (Å²) in [7, 11) is 0. The summed E-state index contributed by atoms with van der Waals surface area (Å²) in [5.41, 5.74) is 4.50. The predicted octanol–water partition coefficient (Wildman–Crippen LogP) is 6.22. The number of carbonyl (C=O) groups excluding carboxylic acids is 2. The van der Waals surface area contributed by atoms with Crippen LogP contribution >= 0.6 is 0 Å². The Morgan fingerprint density at radius 3 is 2.38 bits per heavy atom. The average molecular weight is 497 g/mol. The molecular formula is C31H29FN2O3. The number of ether oxygens (including phenoxy) is 1. The highest BCUT2D eigenvalue weighted by Crippen LogP contribution is 2.46. The molecule has 0 aromatic heterocycles. The maximum absolute atomic E-state index is 14.4. The van der Waals surface area contributed by atoms with Crippen molar-refractivity contribution in [2.24, 2.45) is 0 Å². The molecular weight excluding hydrogens is 467 g/mol. The lowest BCUT2D eigenvalue weighted by Crippen LogP contribution is -2.37. The van der Waals surface area contributed by atoms with Crippen LogP contribution in [0.5, 0.6) is 5.75 Å². The van der Waals surface area contributed by atoms with Crippen LogP contribution in [-0.2, 0) is 9.59 Å². The van der Waals surface area contributed by atoms with Crippen LogP contribution < -0.4 is 15.4 Å². The van der Waals surface area contributed by atoms with Crippen LogP contribution in [0.2, 0.25) is 0 Å². The zero-order valence-electron chi connectivity index (χ0n) is 20.9. The molecule has 1 aliphatic carbocycles. The Kier molecular flexibility index (Phi) is 6.91. The van der Waals surface area contributed by atoms with Crippen molar-refractivity contribution in [2.45, 2.75) is 38.5 Å². The molecule has 0 spiro atoms. The number of amides is 1. The van der Waals surface area contributed by atoms with Crippen LogP contribution in [0.3, 0.4) is 0 Å². The van der Waals surface area contributed by atoms with Gasteiger partial charge in [-0.3, -0.25) is 9.59 Å². The minimum atomic E-state index is -0.581. The minimum absolute atomic E-state index is 0.00480. The van der Waals surface area contributed by atoms with Crippen LogP contribution in [0.25, 0.3) is 0 Å². The third kappa shape index (κ3) is 4.92. The fourth-order valence-electron chi connectivity index (χ4n) is 5.31. The van der Waals surface area contributed by atoms with Crippen molar-refractivity contribution in [3.63, 3.8) is 0 Å². The van der Waals surface area contributed by atoms with Gasteiger partial charge in [-0.2, -0.15) is 0 Å². The largest absolute Gasteiger partial charge is 0.494 e. The van der Waals surface area contributed by atoms with Gasteiger partial charge < -0.3 is 15.4 Å². The molecule has 1 aliphatic heterocycles. The summed E-state index contributed by atoms with van der Waals surface area (Å²) >= 11 is 0. The summed E-state index contributed by atoms with van der Waals surface area (Å²) in [4.78, 5) is 27.3. The zero-order valence-corrected chi connectivity index (χ0v) is 20.9. The molecule has 5 rings (SSSR count). The van der Waals surface area contributed by atoms with Gasteiger partial charge in [-0.25, -0.2) is 4.39 Å². The number of halogens is 1. The first-order valence-electron chi connectivity index (χ1n) is 12.5. The minimum Gasteiger partial charge on any atom is -0.494 e. The van der Waals surface area contributed by atoms with E-state index < -0.39 is 17.6 Å². The monoisotopic (exact) mass is 496 g/mol. The topological polar surface area (TPSA) is 67.4 Å². The molecule has 0 fully saturated rings. The van der Waals surface area contributed by atoms with E-state index in [0.29, 0.717) is 42.0 Å². The van der Waals surface area contributed by atoms with Crippen LogP contribution in [0.4, 0.5) is 10.1 Å². The van der Waals surface area contributed by atoms with Crippen molar-refractivity contribution in [3.8, 4) is 5.75 Å². The summed E-state index contributed by atoms with van der Waals surface area (Å²) in [6, 6.07) is 23.6. The van der Waals surface area contributed by atoms with Gasteiger partial charge >= 0.3 is 0 Å². The number of allylic oxidation sites excluding steroid dienone is 3. The number of rotatable bonds is 6. The Morgan fingerprint density at radius 2 is 1.68 bits per heavy atom. The normalized spacial score (nSPS) is 19.3. The summed E-state index contributed by atoms with van der Waals surface area (Å²) in [5.74, 6) is -0.768. The standard InChI is InChI=1S/C31H29FN2O3/c1-3-37-23-15-13-21(14-16-23)29-28(31(36)34-25-12-8-7-11-24(25)32)19(2)33-26-17-22(18-27(35)30(26)29)20-9-5-4-6-10-20/h4-16,22,29,33H,3,17-18H2,1-2H3,(H,34,36)/t22-,29-/m0/s1. The Morgan fingerprint density at radius 1 is 0.973 bits per heavy atom. The average Bonchev–Trinajstić information content (AvgIpc) is 2.90. The first-order chi connectivity index (χ1) is 18.0. The summed E-state index contributed by atoms with van der Waals surface area (Å²) in [5, 5.41) is 6.09. The number of hydrogen-bond donors (Lipinski definition) is 2. The first-order valence-corrected chi connectivity index (χ1v) is 12.5. The molecule has 3 aromatic rings. The Bertz CT molecular complexity index is 1390. The van der Waals surface area contributed by atoms with Crippen molar-refractivity contribution >= 4 is 17.4 Å². The van der Waals surface area contributed by atoms with E-state index in [4.69, 9.17) is 4.74 Å². The second-order valence-corrected chi connectivity index (χ2v) is 9.36. The molecule has 1 heterocycles. The number of Topliss-reactive ketones (excluding diaryl/α,β-unsaturated/α-hetero) is 1. The molecule has 6 heteroatoms. The molecule has 0 radical (unpaired) electrons. The third-order valence-corrected chi connectivity index (χ3v) is 6.99. The molecule has 3 aromatic carbocycles. The summed E-state index contributed by atoms with van der Waals surface area (Å²) in [6.07, 6.45) is 1.03. The van der Waals surface area contributed by atoms with Crippen molar-refractivity contribution in [3.05, 3.63) is 118 Å². The predicted molar refractivity (Wildman–Crippen MR) is 142 cm³/mol. The second-order valence-electron chi connectivity index (χ2n) is 9.36. The van der Waals surface area contributed by atoms with E-state index in [1.807, 2.05) is 68.4 Å². The quantitative estimate of drug-likeness (QED) is 0.425. The Hall–Kier alpha value is -4.19. The maximum atomic E-state index is 14.4. The second kappa shape index (κ2) is 10.4. The van der Waals surface area contributed by atoms with Crippen molar-refractivity contribution in [1.82, 2.24) is 5.32 Å². The molecule has 37 heavy (non-hydrogen) atoms. The third-order valence-electron chi connectivity index (χ3n) is 6.99. The van der Waals surface area contributed by atoms with Gasteiger partial charge in [0.05, 0.1) is 12.3 Å². The number of nitrogens with one attached hydrogen (secondary N) is 2. The highest BCUT2D eigenvalue weighted by molar-refractivity contribution is 6.10. The van der Waals surface area contributed by atoms with Crippen LogP contribution in [0, 0.1) is 5.82 Å². The SMILES string of the molecule is CCOc1ccc([C@H]2C(C(=O)Nc3ccccc3F)=C(C)NC3=C2C(=O)C[C@@H](c2ccccc2)C3)cc1.